The molecule has 0 spiro atoms. The van der Waals surface area contributed by atoms with Gasteiger partial charge in [0.25, 0.3) is 5.91 Å². The Labute approximate surface area is 126 Å². The Morgan fingerprint density at radius 1 is 1.19 bits per heavy atom. The van der Waals surface area contributed by atoms with E-state index in [1.54, 1.807) is 7.11 Å². The molecule has 0 saturated heterocycles. The molecule has 2 aromatic rings. The third kappa shape index (κ3) is 3.63. The molecule has 0 aliphatic carbocycles. The van der Waals surface area contributed by atoms with Gasteiger partial charge in [-0.3, -0.25) is 4.79 Å². The van der Waals surface area contributed by atoms with Crippen LogP contribution in [-0.4, -0.2) is 13.0 Å². The van der Waals surface area contributed by atoms with Crippen molar-refractivity contribution in [3.05, 3.63) is 65.2 Å². The van der Waals surface area contributed by atoms with Gasteiger partial charge >= 0.3 is 0 Å². The molecule has 3 heteroatoms. The number of hydrogen-bond acceptors (Lipinski definition) is 2. The van der Waals surface area contributed by atoms with Crippen molar-refractivity contribution in [3.8, 4) is 5.75 Å². The zero-order valence-corrected chi connectivity index (χ0v) is 12.7. The fourth-order valence-corrected chi connectivity index (χ4v) is 2.37. The van der Waals surface area contributed by atoms with Gasteiger partial charge in [-0.25, -0.2) is 0 Å². The highest BCUT2D eigenvalue weighted by molar-refractivity contribution is 5.94. The van der Waals surface area contributed by atoms with E-state index in [9.17, 15) is 4.79 Å². The second-order valence-electron chi connectivity index (χ2n) is 5.03. The predicted molar refractivity (Wildman–Crippen MR) is 84.7 cm³/mol. The Morgan fingerprint density at radius 2 is 1.90 bits per heavy atom. The van der Waals surface area contributed by atoms with E-state index < -0.39 is 0 Å². The molecule has 1 atom stereocenters. The normalized spacial score (nSPS) is 11.8. The highest BCUT2D eigenvalue weighted by Gasteiger charge is 2.14. The summed E-state index contributed by atoms with van der Waals surface area (Å²) in [5.41, 5.74) is 2.85. The molecular formula is C18H21NO2. The number of benzene rings is 2. The van der Waals surface area contributed by atoms with Gasteiger partial charge in [-0.2, -0.15) is 0 Å². The summed E-state index contributed by atoms with van der Waals surface area (Å²) >= 11 is 0. The predicted octanol–water partition coefficient (Wildman–Crippen LogP) is 3.88. The average molecular weight is 283 g/mol. The molecule has 21 heavy (non-hydrogen) atoms. The quantitative estimate of drug-likeness (QED) is 0.904. The molecule has 0 aromatic heterocycles. The third-order valence-electron chi connectivity index (χ3n) is 3.57. The molecule has 0 bridgehead atoms. The minimum atomic E-state index is -0.0454. The van der Waals surface area contributed by atoms with Crippen LogP contribution >= 0.6 is 0 Å². The second kappa shape index (κ2) is 6.93. The standard InChI is InChI=1S/C18H21NO2/c1-4-16(15-10-11-17(21-3)13(2)12-15)19-18(20)14-8-6-5-7-9-14/h5-12,16H,4H2,1-3H3,(H,19,20)/t16-/m1/s1. The van der Waals surface area contributed by atoms with Gasteiger partial charge in [0.2, 0.25) is 0 Å². The number of carbonyl (C=O) groups is 1. The average Bonchev–Trinajstić information content (AvgIpc) is 2.53. The molecule has 1 amide bonds. The van der Waals surface area contributed by atoms with Crippen molar-refractivity contribution in [1.29, 1.82) is 0 Å². The van der Waals surface area contributed by atoms with Crippen molar-refractivity contribution < 1.29 is 9.53 Å². The van der Waals surface area contributed by atoms with Gasteiger partial charge in [-0.05, 0) is 42.7 Å². The molecule has 0 heterocycles. The number of aryl methyl sites for hydroxylation is 1. The van der Waals surface area contributed by atoms with Crippen molar-refractivity contribution in [3.63, 3.8) is 0 Å². The van der Waals surface area contributed by atoms with Gasteiger partial charge < -0.3 is 10.1 Å². The number of ether oxygens (including phenoxy) is 1. The Bertz CT molecular complexity index is 608. The van der Waals surface area contributed by atoms with E-state index in [0.717, 1.165) is 23.3 Å². The van der Waals surface area contributed by atoms with Crippen LogP contribution in [0.15, 0.2) is 48.5 Å². The first-order valence-electron chi connectivity index (χ1n) is 7.16. The lowest BCUT2D eigenvalue weighted by atomic mass is 10.0. The zero-order chi connectivity index (χ0) is 15.2. The molecule has 0 aliphatic heterocycles. The molecule has 3 nitrogen and oxygen atoms in total. The number of rotatable bonds is 5. The Kier molecular flexibility index (Phi) is 4.99. The topological polar surface area (TPSA) is 38.3 Å². The van der Waals surface area contributed by atoms with Crippen LogP contribution in [0.3, 0.4) is 0 Å². The first-order valence-corrected chi connectivity index (χ1v) is 7.16. The molecule has 0 aliphatic rings. The smallest absolute Gasteiger partial charge is 0.251 e. The van der Waals surface area contributed by atoms with Gasteiger partial charge in [0.1, 0.15) is 5.75 Å². The molecule has 2 aromatic carbocycles. The van der Waals surface area contributed by atoms with Gasteiger partial charge in [0.05, 0.1) is 13.2 Å². The molecule has 0 fully saturated rings. The monoisotopic (exact) mass is 283 g/mol. The van der Waals surface area contributed by atoms with Crippen LogP contribution in [0.2, 0.25) is 0 Å². The maximum atomic E-state index is 12.3. The lowest BCUT2D eigenvalue weighted by Gasteiger charge is -2.19. The molecule has 0 radical (unpaired) electrons. The molecule has 110 valence electrons. The minimum Gasteiger partial charge on any atom is -0.496 e. The third-order valence-corrected chi connectivity index (χ3v) is 3.57. The van der Waals surface area contributed by atoms with Crippen LogP contribution in [-0.2, 0) is 0 Å². The highest BCUT2D eigenvalue weighted by Crippen LogP contribution is 2.24. The maximum Gasteiger partial charge on any atom is 0.251 e. The van der Waals surface area contributed by atoms with Gasteiger partial charge in [-0.15, -0.1) is 0 Å². The second-order valence-corrected chi connectivity index (χ2v) is 5.03. The van der Waals surface area contributed by atoms with Gasteiger partial charge in [-0.1, -0.05) is 37.3 Å². The summed E-state index contributed by atoms with van der Waals surface area (Å²) in [7, 11) is 1.66. The number of carbonyl (C=O) groups excluding carboxylic acids is 1. The highest BCUT2D eigenvalue weighted by atomic mass is 16.5. The zero-order valence-electron chi connectivity index (χ0n) is 12.7. The SMILES string of the molecule is CC[C@@H](NC(=O)c1ccccc1)c1ccc(OC)c(C)c1. The fraction of sp³-hybridized carbons (Fsp3) is 0.278. The minimum absolute atomic E-state index is 0.00214. The van der Waals surface area contributed by atoms with Gasteiger partial charge in [0.15, 0.2) is 0 Å². The van der Waals surface area contributed by atoms with Crippen LogP contribution in [0.5, 0.6) is 5.75 Å². The largest absolute Gasteiger partial charge is 0.496 e. The van der Waals surface area contributed by atoms with E-state index >= 15 is 0 Å². The lowest BCUT2D eigenvalue weighted by Crippen LogP contribution is -2.28. The van der Waals surface area contributed by atoms with E-state index in [-0.39, 0.29) is 11.9 Å². The van der Waals surface area contributed by atoms with E-state index in [2.05, 4.69) is 18.3 Å². The van der Waals surface area contributed by atoms with Crippen molar-refractivity contribution in [2.45, 2.75) is 26.3 Å². The summed E-state index contributed by atoms with van der Waals surface area (Å²) in [4.78, 5) is 12.3. The van der Waals surface area contributed by atoms with Crippen molar-refractivity contribution in [2.24, 2.45) is 0 Å². The van der Waals surface area contributed by atoms with E-state index in [0.29, 0.717) is 5.56 Å². The van der Waals surface area contributed by atoms with Crippen LogP contribution in [0, 0.1) is 6.92 Å². The van der Waals surface area contributed by atoms with Crippen LogP contribution < -0.4 is 10.1 Å². The van der Waals surface area contributed by atoms with Crippen molar-refractivity contribution >= 4 is 5.91 Å². The Hall–Kier alpha value is -2.29. The first-order chi connectivity index (χ1) is 10.2. The molecule has 0 saturated carbocycles. The van der Waals surface area contributed by atoms with Gasteiger partial charge in [0, 0.05) is 5.56 Å². The fourth-order valence-electron chi connectivity index (χ4n) is 2.37. The first kappa shape index (κ1) is 15.1. The number of nitrogens with one attached hydrogen (secondary N) is 1. The summed E-state index contributed by atoms with van der Waals surface area (Å²) < 4.78 is 5.28. The Balaban J connectivity index is 2.16. The van der Waals surface area contributed by atoms with E-state index in [4.69, 9.17) is 4.74 Å². The van der Waals surface area contributed by atoms with E-state index in [1.165, 1.54) is 0 Å². The van der Waals surface area contributed by atoms with Crippen LogP contribution in [0.25, 0.3) is 0 Å². The molecule has 2 rings (SSSR count). The summed E-state index contributed by atoms with van der Waals surface area (Å²) in [5.74, 6) is 0.818. The van der Waals surface area contributed by atoms with Crippen molar-refractivity contribution in [2.75, 3.05) is 7.11 Å². The number of hydrogen-bond donors (Lipinski definition) is 1. The number of amides is 1. The molecule has 1 N–H and O–H groups in total. The summed E-state index contributed by atoms with van der Waals surface area (Å²) in [6.07, 6.45) is 0.838. The van der Waals surface area contributed by atoms with E-state index in [1.807, 2.05) is 49.4 Å². The Morgan fingerprint density at radius 3 is 2.48 bits per heavy atom. The molecule has 0 unspecified atom stereocenters. The summed E-state index contributed by atoms with van der Waals surface area (Å²) in [5, 5.41) is 3.08. The van der Waals surface area contributed by atoms with Crippen molar-refractivity contribution in [1.82, 2.24) is 5.32 Å². The van der Waals surface area contributed by atoms with Crippen LogP contribution in [0.4, 0.5) is 0 Å². The molecular weight excluding hydrogens is 262 g/mol. The number of methoxy groups -OCH3 is 1. The van der Waals surface area contributed by atoms with Crippen LogP contribution in [0.1, 0.15) is 40.9 Å². The lowest BCUT2D eigenvalue weighted by molar-refractivity contribution is 0.0935. The maximum absolute atomic E-state index is 12.3. The summed E-state index contributed by atoms with van der Waals surface area (Å²) in [6.45, 7) is 4.07. The summed E-state index contributed by atoms with van der Waals surface area (Å²) in [6, 6.07) is 15.3.